The molecule has 15 heteroatoms. The second-order valence-electron chi connectivity index (χ2n) is 11.1. The van der Waals surface area contributed by atoms with Crippen LogP contribution in [0.3, 0.4) is 0 Å². The summed E-state index contributed by atoms with van der Waals surface area (Å²) in [4.78, 5) is 31.2. The van der Waals surface area contributed by atoms with Gasteiger partial charge in [0.15, 0.2) is 11.9 Å². The van der Waals surface area contributed by atoms with Gasteiger partial charge in [0.05, 0.1) is 23.6 Å². The van der Waals surface area contributed by atoms with Gasteiger partial charge >= 0.3 is 13.6 Å². The van der Waals surface area contributed by atoms with Crippen molar-refractivity contribution in [2.75, 3.05) is 18.6 Å². The van der Waals surface area contributed by atoms with Gasteiger partial charge in [-0.1, -0.05) is 25.1 Å². The fourth-order valence-electron chi connectivity index (χ4n) is 4.86. The second kappa shape index (κ2) is 11.8. The van der Waals surface area contributed by atoms with Crippen molar-refractivity contribution in [1.82, 2.24) is 14.5 Å². The number of carbonyl (C=O) groups excluding carboxylic acids is 1. The number of anilines is 1. The van der Waals surface area contributed by atoms with E-state index in [0.717, 1.165) is 4.57 Å². The van der Waals surface area contributed by atoms with E-state index in [1.54, 1.807) is 32.0 Å². The molecule has 2 aromatic heterocycles. The molecule has 0 amide bonds. The zero-order valence-electron chi connectivity index (χ0n) is 23.8. The zero-order valence-corrected chi connectivity index (χ0v) is 24.7. The SMILES string of the molecule is CC(C)OC(=O)[C@H](C)C[P@](=O)(Oc1ccccc1)OC(C)(C)[C@H]1O[C@@H](n2ccc3c(=O)[nH]c(N)nc32)C(F)(CF)[C@H]1O. The molecule has 1 saturated heterocycles. The van der Waals surface area contributed by atoms with E-state index in [1.807, 2.05) is 0 Å². The number of aromatic amines is 1. The van der Waals surface area contributed by atoms with Crippen LogP contribution in [0.5, 0.6) is 5.75 Å². The Morgan fingerprint density at radius 2 is 1.95 bits per heavy atom. The molecule has 6 atom stereocenters. The number of hydrogen-bond donors (Lipinski definition) is 3. The fourth-order valence-corrected chi connectivity index (χ4v) is 7.13. The summed E-state index contributed by atoms with van der Waals surface area (Å²) in [6.07, 6.45) is -5.14. The lowest BCUT2D eigenvalue weighted by molar-refractivity contribution is -0.151. The molecule has 1 aliphatic heterocycles. The smallest absolute Gasteiger partial charge is 0.380 e. The average Bonchev–Trinajstić information content (AvgIpc) is 3.42. The van der Waals surface area contributed by atoms with E-state index in [4.69, 9.17) is 24.3 Å². The Hall–Kier alpha value is -3.32. The molecule has 1 aromatic carbocycles. The van der Waals surface area contributed by atoms with Crippen LogP contribution < -0.4 is 15.8 Å². The summed E-state index contributed by atoms with van der Waals surface area (Å²) < 4.78 is 68.8. The van der Waals surface area contributed by atoms with Crippen LogP contribution in [-0.2, 0) is 23.4 Å². The highest BCUT2D eigenvalue weighted by Crippen LogP contribution is 2.56. The lowest BCUT2D eigenvalue weighted by Gasteiger charge is -2.36. The molecule has 12 nitrogen and oxygen atoms in total. The Kier molecular flexibility index (Phi) is 8.85. The number of nitrogens with two attached hydrogens (primary N) is 1. The Morgan fingerprint density at radius 3 is 2.57 bits per heavy atom. The van der Waals surface area contributed by atoms with Crippen molar-refractivity contribution >= 4 is 30.5 Å². The Labute approximate surface area is 240 Å². The predicted octanol–water partition coefficient (Wildman–Crippen LogP) is 3.90. The maximum Gasteiger partial charge on any atom is 0.380 e. The number of carbonyl (C=O) groups is 1. The summed E-state index contributed by atoms with van der Waals surface area (Å²) in [5.74, 6) is -1.67. The molecule has 4 rings (SSSR count). The summed E-state index contributed by atoms with van der Waals surface area (Å²) in [5, 5.41) is 11.1. The third kappa shape index (κ3) is 6.22. The summed E-state index contributed by atoms with van der Waals surface area (Å²) in [5.41, 5.74) is 0.143. The molecule has 230 valence electrons. The first-order chi connectivity index (χ1) is 19.6. The van der Waals surface area contributed by atoms with Crippen molar-refractivity contribution in [3.63, 3.8) is 0 Å². The molecule has 0 bridgehead atoms. The molecule has 3 heterocycles. The van der Waals surface area contributed by atoms with E-state index in [0.29, 0.717) is 0 Å². The maximum absolute atomic E-state index is 16.3. The third-order valence-corrected chi connectivity index (χ3v) is 9.05. The number of halogens is 2. The number of fused-ring (bicyclic) bond motifs is 1. The molecule has 0 spiro atoms. The van der Waals surface area contributed by atoms with Crippen LogP contribution in [0.15, 0.2) is 47.4 Å². The van der Waals surface area contributed by atoms with E-state index in [-0.39, 0.29) is 22.7 Å². The molecule has 0 aliphatic carbocycles. The normalized spacial score (nSPS) is 24.9. The highest BCUT2D eigenvalue weighted by molar-refractivity contribution is 7.54. The largest absolute Gasteiger partial charge is 0.463 e. The van der Waals surface area contributed by atoms with Gasteiger partial charge in [-0.15, -0.1) is 0 Å². The first kappa shape index (κ1) is 31.6. The number of nitrogen functional groups attached to an aromatic ring is 1. The van der Waals surface area contributed by atoms with Crippen LogP contribution in [0.2, 0.25) is 0 Å². The van der Waals surface area contributed by atoms with E-state index in [9.17, 15) is 23.7 Å². The van der Waals surface area contributed by atoms with Gasteiger partial charge < -0.3 is 29.4 Å². The fraction of sp³-hybridized carbons (Fsp3) is 0.519. The lowest BCUT2D eigenvalue weighted by atomic mass is 9.89. The van der Waals surface area contributed by atoms with Crippen molar-refractivity contribution in [3.05, 3.63) is 52.9 Å². The number of hydrogen-bond acceptors (Lipinski definition) is 10. The number of rotatable bonds is 11. The molecule has 1 unspecified atom stereocenters. The minimum absolute atomic E-state index is 0.0329. The molecule has 0 radical (unpaired) electrons. The molecule has 1 aliphatic rings. The Balaban J connectivity index is 1.68. The van der Waals surface area contributed by atoms with Crippen LogP contribution in [0.4, 0.5) is 14.7 Å². The van der Waals surface area contributed by atoms with Gasteiger partial charge in [0.1, 0.15) is 30.2 Å². The molecule has 1 fully saturated rings. The van der Waals surface area contributed by atoms with Crippen molar-refractivity contribution in [2.24, 2.45) is 5.92 Å². The van der Waals surface area contributed by atoms with Gasteiger partial charge in [-0.3, -0.25) is 19.1 Å². The maximum atomic E-state index is 16.3. The number of H-pyrrole nitrogens is 1. The Bertz CT molecular complexity index is 1530. The highest BCUT2D eigenvalue weighted by Gasteiger charge is 2.63. The number of ether oxygens (including phenoxy) is 2. The molecule has 3 aromatic rings. The van der Waals surface area contributed by atoms with Crippen molar-refractivity contribution in [2.45, 2.75) is 70.4 Å². The van der Waals surface area contributed by atoms with Gasteiger partial charge in [0, 0.05) is 6.20 Å². The standard InChI is InChI=1S/C27H35F2N4O8P/c1-15(2)38-23(36)16(3)13-42(37,40-17-9-7-6-8-10-17)41-26(4,5)20-19(34)27(29,14-28)24(39-20)33-12-11-18-21(33)31-25(30)32-22(18)35/h6-12,15-16,19-20,24,34H,13-14H2,1-5H3,(H3,30,31,32,35)/t16-,19+,20+,24-,27?,42+/m1/s1. The monoisotopic (exact) mass is 612 g/mol. The molecule has 42 heavy (non-hydrogen) atoms. The van der Waals surface area contributed by atoms with Crippen LogP contribution in [0.25, 0.3) is 11.0 Å². The van der Waals surface area contributed by atoms with E-state index < -0.39 is 73.7 Å². The molecular formula is C27H35F2N4O8P. The number of nitrogens with zero attached hydrogens (tertiary/aromatic N) is 2. The number of alkyl halides is 2. The van der Waals surface area contributed by atoms with E-state index in [2.05, 4.69) is 9.97 Å². The minimum atomic E-state index is -4.27. The number of benzene rings is 1. The first-order valence-electron chi connectivity index (χ1n) is 13.3. The van der Waals surface area contributed by atoms with Gasteiger partial charge in [-0.25, -0.2) is 13.3 Å². The van der Waals surface area contributed by atoms with Crippen LogP contribution >= 0.6 is 7.60 Å². The summed E-state index contributed by atoms with van der Waals surface area (Å²) in [6.45, 7) is 5.89. The molecule has 4 N–H and O–H groups in total. The zero-order chi connectivity index (χ0) is 31.0. The van der Waals surface area contributed by atoms with Crippen LogP contribution in [0.1, 0.15) is 40.8 Å². The predicted molar refractivity (Wildman–Crippen MR) is 150 cm³/mol. The molecule has 0 saturated carbocycles. The number of nitrogens with one attached hydrogen (secondary N) is 1. The first-order valence-corrected chi connectivity index (χ1v) is 15.0. The van der Waals surface area contributed by atoms with Gasteiger partial charge in [-0.05, 0) is 45.9 Å². The topological polar surface area (TPSA) is 168 Å². The Morgan fingerprint density at radius 1 is 1.29 bits per heavy atom. The average molecular weight is 613 g/mol. The number of para-hydroxylation sites is 1. The quantitative estimate of drug-likeness (QED) is 0.213. The molecular weight excluding hydrogens is 577 g/mol. The van der Waals surface area contributed by atoms with Crippen molar-refractivity contribution in [3.8, 4) is 5.75 Å². The summed E-state index contributed by atoms with van der Waals surface area (Å²) in [6, 6.07) is 9.38. The van der Waals surface area contributed by atoms with Gasteiger partial charge in [-0.2, -0.15) is 4.98 Å². The van der Waals surface area contributed by atoms with E-state index >= 15 is 4.39 Å². The summed E-state index contributed by atoms with van der Waals surface area (Å²) >= 11 is 0. The highest BCUT2D eigenvalue weighted by atomic mass is 31.2. The number of esters is 1. The van der Waals surface area contributed by atoms with Crippen LogP contribution in [-0.4, -0.2) is 68.0 Å². The van der Waals surface area contributed by atoms with E-state index in [1.165, 1.54) is 45.2 Å². The lowest BCUT2D eigenvalue weighted by Crippen LogP contribution is -2.51. The van der Waals surface area contributed by atoms with Crippen molar-refractivity contribution < 1.29 is 41.8 Å². The van der Waals surface area contributed by atoms with Crippen molar-refractivity contribution in [1.29, 1.82) is 0 Å². The number of aromatic nitrogens is 3. The number of aliphatic hydroxyl groups excluding tert-OH is 1. The van der Waals surface area contributed by atoms with Gasteiger partial charge in [0.25, 0.3) is 5.56 Å². The van der Waals surface area contributed by atoms with Crippen LogP contribution in [0, 0.1) is 5.92 Å². The van der Waals surface area contributed by atoms with Gasteiger partial charge in [0.2, 0.25) is 11.6 Å². The minimum Gasteiger partial charge on any atom is -0.463 e. The second-order valence-corrected chi connectivity index (χ2v) is 13.1. The summed E-state index contributed by atoms with van der Waals surface area (Å²) in [7, 11) is -4.27. The number of aliphatic hydroxyl groups is 1. The third-order valence-electron chi connectivity index (χ3n) is 6.82.